The maximum Gasteiger partial charge on any atom is 0.270 e. The smallest absolute Gasteiger partial charge is 0.270 e. The first-order chi connectivity index (χ1) is 14.1. The highest BCUT2D eigenvalue weighted by atomic mass is 19.1. The molecule has 3 aromatic rings. The molecule has 8 heteroatoms. The van der Waals surface area contributed by atoms with Gasteiger partial charge in [-0.1, -0.05) is 18.2 Å². The SMILES string of the molecule is COc1ccc(Nc2cc(C(=O)NCCc3ccccc3F)ncn2)cc1OC. The van der Waals surface area contributed by atoms with E-state index in [2.05, 4.69) is 20.6 Å². The van der Waals surface area contributed by atoms with E-state index in [0.29, 0.717) is 41.5 Å². The second kappa shape index (κ2) is 9.50. The Morgan fingerprint density at radius 2 is 1.83 bits per heavy atom. The molecule has 29 heavy (non-hydrogen) atoms. The molecule has 0 fully saturated rings. The van der Waals surface area contributed by atoms with E-state index in [1.54, 1.807) is 50.6 Å². The third-order valence-corrected chi connectivity index (χ3v) is 4.19. The number of methoxy groups -OCH3 is 2. The summed E-state index contributed by atoms with van der Waals surface area (Å²) in [6.45, 7) is 0.294. The van der Waals surface area contributed by atoms with Gasteiger partial charge in [-0.15, -0.1) is 0 Å². The molecular formula is C21H21FN4O3. The van der Waals surface area contributed by atoms with Crippen molar-refractivity contribution in [3.05, 3.63) is 71.9 Å². The van der Waals surface area contributed by atoms with Gasteiger partial charge in [0.05, 0.1) is 14.2 Å². The van der Waals surface area contributed by atoms with Crippen LogP contribution in [0.15, 0.2) is 54.9 Å². The van der Waals surface area contributed by atoms with Crippen molar-refractivity contribution in [2.24, 2.45) is 0 Å². The molecule has 3 rings (SSSR count). The molecule has 0 saturated heterocycles. The van der Waals surface area contributed by atoms with E-state index in [0.717, 1.165) is 0 Å². The minimum Gasteiger partial charge on any atom is -0.493 e. The molecule has 1 amide bonds. The summed E-state index contributed by atoms with van der Waals surface area (Å²) in [5.74, 6) is 0.976. The molecule has 0 aliphatic rings. The Labute approximate surface area is 167 Å². The van der Waals surface area contributed by atoms with E-state index in [1.807, 2.05) is 0 Å². The largest absolute Gasteiger partial charge is 0.493 e. The predicted molar refractivity (Wildman–Crippen MR) is 107 cm³/mol. The zero-order valence-corrected chi connectivity index (χ0v) is 16.1. The molecule has 1 heterocycles. The maximum atomic E-state index is 13.6. The fraction of sp³-hybridized carbons (Fsp3) is 0.190. The number of amides is 1. The molecule has 0 aliphatic carbocycles. The lowest BCUT2D eigenvalue weighted by Crippen LogP contribution is -2.26. The lowest BCUT2D eigenvalue weighted by Gasteiger charge is -2.11. The molecule has 2 aromatic carbocycles. The molecular weight excluding hydrogens is 375 g/mol. The summed E-state index contributed by atoms with van der Waals surface area (Å²) < 4.78 is 24.1. The highest BCUT2D eigenvalue weighted by Gasteiger charge is 2.10. The summed E-state index contributed by atoms with van der Waals surface area (Å²) in [7, 11) is 3.11. The van der Waals surface area contributed by atoms with Crippen molar-refractivity contribution in [3.63, 3.8) is 0 Å². The molecule has 0 radical (unpaired) electrons. The van der Waals surface area contributed by atoms with E-state index in [9.17, 15) is 9.18 Å². The Kier molecular flexibility index (Phi) is 6.57. The Morgan fingerprint density at radius 3 is 2.59 bits per heavy atom. The maximum absolute atomic E-state index is 13.6. The fourth-order valence-electron chi connectivity index (χ4n) is 2.71. The first-order valence-electron chi connectivity index (χ1n) is 8.93. The summed E-state index contributed by atoms with van der Waals surface area (Å²) in [6.07, 6.45) is 1.69. The van der Waals surface area contributed by atoms with Crippen LogP contribution in [0.2, 0.25) is 0 Å². The van der Waals surface area contributed by atoms with E-state index in [4.69, 9.17) is 9.47 Å². The van der Waals surface area contributed by atoms with Crippen LogP contribution in [0.25, 0.3) is 0 Å². The van der Waals surface area contributed by atoms with Crippen molar-refractivity contribution in [1.82, 2.24) is 15.3 Å². The number of hydrogen-bond donors (Lipinski definition) is 2. The lowest BCUT2D eigenvalue weighted by atomic mass is 10.1. The fourth-order valence-corrected chi connectivity index (χ4v) is 2.71. The zero-order valence-electron chi connectivity index (χ0n) is 16.1. The number of ether oxygens (including phenoxy) is 2. The summed E-state index contributed by atoms with van der Waals surface area (Å²) in [4.78, 5) is 20.5. The van der Waals surface area contributed by atoms with Gasteiger partial charge in [0.15, 0.2) is 11.5 Å². The Bertz CT molecular complexity index is 997. The van der Waals surface area contributed by atoms with Crippen molar-refractivity contribution < 1.29 is 18.7 Å². The number of anilines is 2. The van der Waals surface area contributed by atoms with Gasteiger partial charge in [0.1, 0.15) is 23.7 Å². The van der Waals surface area contributed by atoms with Gasteiger partial charge in [0.2, 0.25) is 0 Å². The van der Waals surface area contributed by atoms with E-state index >= 15 is 0 Å². The van der Waals surface area contributed by atoms with Crippen LogP contribution in [-0.2, 0) is 6.42 Å². The van der Waals surface area contributed by atoms with Gasteiger partial charge in [0.25, 0.3) is 5.91 Å². The van der Waals surface area contributed by atoms with Crippen LogP contribution < -0.4 is 20.1 Å². The topological polar surface area (TPSA) is 85.4 Å². The van der Waals surface area contributed by atoms with Crippen LogP contribution in [0.5, 0.6) is 11.5 Å². The van der Waals surface area contributed by atoms with Gasteiger partial charge in [-0.3, -0.25) is 4.79 Å². The van der Waals surface area contributed by atoms with Crippen LogP contribution in [0.1, 0.15) is 16.1 Å². The molecule has 0 atom stereocenters. The lowest BCUT2D eigenvalue weighted by molar-refractivity contribution is 0.0949. The van der Waals surface area contributed by atoms with Crippen molar-refractivity contribution in [2.45, 2.75) is 6.42 Å². The van der Waals surface area contributed by atoms with Crippen molar-refractivity contribution in [1.29, 1.82) is 0 Å². The van der Waals surface area contributed by atoms with Gasteiger partial charge in [0, 0.05) is 24.4 Å². The quantitative estimate of drug-likeness (QED) is 0.607. The normalized spacial score (nSPS) is 10.3. The number of aromatic nitrogens is 2. The van der Waals surface area contributed by atoms with Crippen LogP contribution in [0, 0.1) is 5.82 Å². The van der Waals surface area contributed by atoms with E-state index in [1.165, 1.54) is 18.5 Å². The third-order valence-electron chi connectivity index (χ3n) is 4.19. The molecule has 0 unspecified atom stereocenters. The number of halogens is 1. The molecule has 150 valence electrons. The number of hydrogen-bond acceptors (Lipinski definition) is 6. The minimum atomic E-state index is -0.362. The zero-order chi connectivity index (χ0) is 20.6. The average molecular weight is 396 g/mol. The van der Waals surface area contributed by atoms with Crippen molar-refractivity contribution in [3.8, 4) is 11.5 Å². The number of nitrogens with one attached hydrogen (secondary N) is 2. The Morgan fingerprint density at radius 1 is 1.03 bits per heavy atom. The number of carbonyl (C=O) groups is 1. The van der Waals surface area contributed by atoms with Crippen LogP contribution in [0.4, 0.5) is 15.9 Å². The Hall–Kier alpha value is -3.68. The van der Waals surface area contributed by atoms with Crippen LogP contribution >= 0.6 is 0 Å². The summed E-state index contributed by atoms with van der Waals surface area (Å²) in [6, 6.07) is 13.3. The Balaban J connectivity index is 1.63. The standard InChI is InChI=1S/C21H21FN4O3/c1-28-18-8-7-15(11-19(18)29-2)26-20-12-17(24-13-25-20)21(27)23-10-9-14-5-3-4-6-16(14)22/h3-8,11-13H,9-10H2,1-2H3,(H,23,27)(H,24,25,26). The van der Waals surface area contributed by atoms with Gasteiger partial charge < -0.3 is 20.1 Å². The average Bonchev–Trinajstić information content (AvgIpc) is 2.75. The molecule has 0 saturated carbocycles. The summed E-state index contributed by atoms with van der Waals surface area (Å²) in [5, 5.41) is 5.84. The minimum absolute atomic E-state index is 0.205. The van der Waals surface area contributed by atoms with Gasteiger partial charge in [-0.2, -0.15) is 0 Å². The van der Waals surface area contributed by atoms with Crippen LogP contribution in [-0.4, -0.2) is 36.6 Å². The molecule has 0 bridgehead atoms. The van der Waals surface area contributed by atoms with Gasteiger partial charge in [-0.05, 0) is 30.2 Å². The molecule has 1 aromatic heterocycles. The molecule has 2 N–H and O–H groups in total. The second-order valence-corrected chi connectivity index (χ2v) is 6.08. The van der Waals surface area contributed by atoms with Crippen LogP contribution in [0.3, 0.4) is 0 Å². The number of benzene rings is 2. The summed E-state index contributed by atoms with van der Waals surface area (Å²) >= 11 is 0. The second-order valence-electron chi connectivity index (χ2n) is 6.08. The first kappa shape index (κ1) is 20.1. The molecule has 7 nitrogen and oxygen atoms in total. The first-order valence-corrected chi connectivity index (χ1v) is 8.93. The number of carbonyl (C=O) groups excluding carboxylic acids is 1. The molecule has 0 aliphatic heterocycles. The van der Waals surface area contributed by atoms with E-state index < -0.39 is 0 Å². The monoisotopic (exact) mass is 396 g/mol. The van der Waals surface area contributed by atoms with Crippen molar-refractivity contribution >= 4 is 17.4 Å². The number of rotatable bonds is 8. The molecule has 0 spiro atoms. The summed E-state index contributed by atoms with van der Waals surface area (Å²) in [5.41, 5.74) is 1.47. The number of nitrogens with zero attached hydrogens (tertiary/aromatic N) is 2. The third kappa shape index (κ3) is 5.19. The van der Waals surface area contributed by atoms with Gasteiger partial charge >= 0.3 is 0 Å². The van der Waals surface area contributed by atoms with Crippen molar-refractivity contribution in [2.75, 3.05) is 26.1 Å². The highest BCUT2D eigenvalue weighted by Crippen LogP contribution is 2.30. The van der Waals surface area contributed by atoms with E-state index in [-0.39, 0.29) is 17.4 Å². The van der Waals surface area contributed by atoms with Gasteiger partial charge in [-0.25, -0.2) is 14.4 Å². The predicted octanol–water partition coefficient (Wildman–Crippen LogP) is 3.35. The highest BCUT2D eigenvalue weighted by molar-refractivity contribution is 5.93.